The SMILES string of the molecule is Cc1cccc(N)c1C.N.N.[B]. The monoisotopic (exact) mass is 166 g/mol. The lowest BCUT2D eigenvalue weighted by atomic mass is 10.1. The fourth-order valence-electron chi connectivity index (χ4n) is 0.774. The van der Waals surface area contributed by atoms with Crippen molar-refractivity contribution in [2.45, 2.75) is 13.8 Å². The fraction of sp³-hybridized carbons (Fsp3) is 0.250. The summed E-state index contributed by atoms with van der Waals surface area (Å²) in [5.41, 5.74) is 8.96. The Morgan fingerprint density at radius 3 is 1.92 bits per heavy atom. The van der Waals surface area contributed by atoms with Gasteiger partial charge in [-0.05, 0) is 31.0 Å². The van der Waals surface area contributed by atoms with Crippen LogP contribution in [0, 0.1) is 13.8 Å². The Labute approximate surface area is 76.1 Å². The zero-order valence-electron chi connectivity index (χ0n) is 7.80. The van der Waals surface area contributed by atoms with Gasteiger partial charge in [-0.3, -0.25) is 0 Å². The van der Waals surface area contributed by atoms with Crippen LogP contribution in [0.4, 0.5) is 5.69 Å². The van der Waals surface area contributed by atoms with Crippen molar-refractivity contribution in [1.29, 1.82) is 0 Å². The van der Waals surface area contributed by atoms with E-state index in [2.05, 4.69) is 13.0 Å². The summed E-state index contributed by atoms with van der Waals surface area (Å²) in [5, 5.41) is 0. The van der Waals surface area contributed by atoms with Crippen molar-refractivity contribution in [3.63, 3.8) is 0 Å². The molecule has 0 saturated heterocycles. The van der Waals surface area contributed by atoms with E-state index in [-0.39, 0.29) is 20.7 Å². The highest BCUT2D eigenvalue weighted by molar-refractivity contribution is 5.75. The van der Waals surface area contributed by atoms with E-state index in [0.717, 1.165) is 5.69 Å². The summed E-state index contributed by atoms with van der Waals surface area (Å²) >= 11 is 0. The Balaban J connectivity index is -0.000000270. The molecule has 0 fully saturated rings. The van der Waals surface area contributed by atoms with E-state index in [4.69, 9.17) is 5.73 Å². The molecule has 0 bridgehead atoms. The molecule has 8 N–H and O–H groups in total. The molecule has 0 heterocycles. The van der Waals surface area contributed by atoms with Gasteiger partial charge >= 0.3 is 0 Å². The number of nitrogens with two attached hydrogens (primary N) is 1. The lowest BCUT2D eigenvalue weighted by molar-refractivity contribution is 1.35. The largest absolute Gasteiger partial charge is 0.399 e. The van der Waals surface area contributed by atoms with Crippen LogP contribution in [-0.4, -0.2) is 8.41 Å². The van der Waals surface area contributed by atoms with Crippen molar-refractivity contribution < 1.29 is 0 Å². The minimum absolute atomic E-state index is 0. The van der Waals surface area contributed by atoms with Crippen LogP contribution in [0.2, 0.25) is 0 Å². The molecule has 0 aromatic heterocycles. The second-order valence-electron chi connectivity index (χ2n) is 2.29. The van der Waals surface area contributed by atoms with Crippen LogP contribution in [0.5, 0.6) is 0 Å². The van der Waals surface area contributed by atoms with Gasteiger partial charge in [0.1, 0.15) is 0 Å². The maximum Gasteiger partial charge on any atom is 0.0346 e. The van der Waals surface area contributed by atoms with E-state index < -0.39 is 0 Å². The highest BCUT2D eigenvalue weighted by Crippen LogP contribution is 2.13. The molecule has 0 spiro atoms. The molecule has 67 valence electrons. The topological polar surface area (TPSA) is 96.0 Å². The number of anilines is 1. The van der Waals surface area contributed by atoms with Gasteiger partial charge in [0, 0.05) is 14.1 Å². The normalized spacial score (nSPS) is 7.17. The van der Waals surface area contributed by atoms with Crippen LogP contribution in [0.15, 0.2) is 18.2 Å². The van der Waals surface area contributed by atoms with Gasteiger partial charge in [-0.25, -0.2) is 0 Å². The minimum atomic E-state index is 0. The molecule has 0 unspecified atom stereocenters. The van der Waals surface area contributed by atoms with Gasteiger partial charge in [0.25, 0.3) is 0 Å². The van der Waals surface area contributed by atoms with Gasteiger partial charge < -0.3 is 18.0 Å². The van der Waals surface area contributed by atoms with Crippen LogP contribution >= 0.6 is 0 Å². The average molecular weight is 166 g/mol. The van der Waals surface area contributed by atoms with Gasteiger partial charge in [0.2, 0.25) is 0 Å². The van der Waals surface area contributed by atoms with Gasteiger partial charge in [0.15, 0.2) is 0 Å². The maximum atomic E-state index is 5.62. The lowest BCUT2D eigenvalue weighted by Crippen LogP contribution is -1.90. The van der Waals surface area contributed by atoms with Crippen LogP contribution in [0.3, 0.4) is 0 Å². The molecule has 3 radical (unpaired) electrons. The van der Waals surface area contributed by atoms with Crippen LogP contribution in [0.1, 0.15) is 11.1 Å². The summed E-state index contributed by atoms with van der Waals surface area (Å²) in [6.45, 7) is 4.09. The number of hydrogen-bond donors (Lipinski definition) is 3. The number of aryl methyl sites for hydroxylation is 1. The smallest absolute Gasteiger partial charge is 0.0346 e. The summed E-state index contributed by atoms with van der Waals surface area (Å²) < 4.78 is 0. The first-order valence-electron chi connectivity index (χ1n) is 3.03. The van der Waals surface area contributed by atoms with E-state index in [1.54, 1.807) is 0 Å². The predicted octanol–water partition coefficient (Wildman–Crippen LogP) is 1.83. The zero-order valence-corrected chi connectivity index (χ0v) is 7.80. The van der Waals surface area contributed by atoms with Crippen LogP contribution < -0.4 is 18.0 Å². The molecule has 0 aliphatic carbocycles. The molecule has 4 heteroatoms. The van der Waals surface area contributed by atoms with Crippen molar-refractivity contribution in [2.75, 3.05) is 5.73 Å². The van der Waals surface area contributed by atoms with Crippen LogP contribution in [0.25, 0.3) is 0 Å². The molecule has 1 rings (SSSR count). The summed E-state index contributed by atoms with van der Waals surface area (Å²) in [7, 11) is 0. The fourth-order valence-corrected chi connectivity index (χ4v) is 0.774. The molecule has 1 aromatic carbocycles. The molecular weight excluding hydrogens is 149 g/mol. The minimum Gasteiger partial charge on any atom is -0.399 e. The first kappa shape index (κ1) is 17.2. The van der Waals surface area contributed by atoms with Gasteiger partial charge in [-0.1, -0.05) is 12.1 Å². The van der Waals surface area contributed by atoms with E-state index in [1.807, 2.05) is 19.1 Å². The molecule has 0 amide bonds. The second kappa shape index (κ2) is 6.70. The first-order chi connectivity index (χ1) is 4.22. The Morgan fingerprint density at radius 2 is 1.58 bits per heavy atom. The third kappa shape index (κ3) is 3.41. The van der Waals surface area contributed by atoms with Crippen molar-refractivity contribution in [3.8, 4) is 0 Å². The van der Waals surface area contributed by atoms with Gasteiger partial charge in [-0.15, -0.1) is 0 Å². The van der Waals surface area contributed by atoms with E-state index in [0.29, 0.717) is 0 Å². The Bertz CT molecular complexity index is 205. The van der Waals surface area contributed by atoms with E-state index in [1.165, 1.54) is 11.1 Å². The van der Waals surface area contributed by atoms with E-state index >= 15 is 0 Å². The molecule has 0 saturated carbocycles. The van der Waals surface area contributed by atoms with Gasteiger partial charge in [0.05, 0.1) is 0 Å². The number of rotatable bonds is 0. The third-order valence-corrected chi connectivity index (χ3v) is 1.65. The molecule has 3 nitrogen and oxygen atoms in total. The molecule has 1 aromatic rings. The highest BCUT2D eigenvalue weighted by atomic mass is 14.5. The lowest BCUT2D eigenvalue weighted by Gasteiger charge is -2.00. The zero-order chi connectivity index (χ0) is 6.85. The summed E-state index contributed by atoms with van der Waals surface area (Å²) in [5.74, 6) is 0. The molecule has 12 heavy (non-hydrogen) atoms. The maximum absolute atomic E-state index is 5.62. The Morgan fingerprint density at radius 1 is 1.08 bits per heavy atom. The quantitative estimate of drug-likeness (QED) is 0.405. The first-order valence-corrected chi connectivity index (χ1v) is 3.03. The third-order valence-electron chi connectivity index (χ3n) is 1.65. The standard InChI is InChI=1S/C8H11N.B.2H3N/c1-6-4-3-5-8(9)7(6)2;;;/h3-5H,9H2,1-2H3;;2*1H3. The molecule has 0 atom stereocenters. The summed E-state index contributed by atoms with van der Waals surface area (Å²) in [6.07, 6.45) is 0. The number of hydrogen-bond acceptors (Lipinski definition) is 3. The van der Waals surface area contributed by atoms with E-state index in [9.17, 15) is 0 Å². The van der Waals surface area contributed by atoms with Crippen molar-refractivity contribution >= 4 is 14.1 Å². The molecule has 0 aliphatic heterocycles. The van der Waals surface area contributed by atoms with Crippen molar-refractivity contribution in [1.82, 2.24) is 12.3 Å². The van der Waals surface area contributed by atoms with Crippen LogP contribution in [-0.2, 0) is 0 Å². The van der Waals surface area contributed by atoms with Gasteiger partial charge in [-0.2, -0.15) is 0 Å². The van der Waals surface area contributed by atoms with Crippen molar-refractivity contribution in [2.24, 2.45) is 0 Å². The summed E-state index contributed by atoms with van der Waals surface area (Å²) in [4.78, 5) is 0. The molecular formula is C8H17BN3. The van der Waals surface area contributed by atoms with Crippen molar-refractivity contribution in [3.05, 3.63) is 29.3 Å². The summed E-state index contributed by atoms with van der Waals surface area (Å²) in [6, 6.07) is 5.95. The molecule has 0 aliphatic rings. The number of nitrogen functional groups attached to an aromatic ring is 1. The predicted molar refractivity (Wildman–Crippen MR) is 56.1 cm³/mol. The Hall–Kier alpha value is -0.995. The second-order valence-corrected chi connectivity index (χ2v) is 2.29. The number of benzene rings is 1. The highest BCUT2D eigenvalue weighted by Gasteiger charge is 1.92. The Kier molecular flexibility index (Phi) is 9.60. The average Bonchev–Trinajstić information content (AvgIpc) is 1.83.